The second-order valence-electron chi connectivity index (χ2n) is 5.98. The number of esters is 1. The molecule has 29 heavy (non-hydrogen) atoms. The highest BCUT2D eigenvalue weighted by molar-refractivity contribution is 5.90. The average molecular weight is 410 g/mol. The molecule has 6 nitrogen and oxygen atoms in total. The molecule has 2 N–H and O–H groups in total. The molecule has 0 radical (unpaired) electrons. The maximum absolute atomic E-state index is 13.1. The van der Waals surface area contributed by atoms with Crippen LogP contribution < -0.4 is 15.4 Å². The van der Waals surface area contributed by atoms with E-state index in [0.29, 0.717) is 11.3 Å². The van der Waals surface area contributed by atoms with E-state index >= 15 is 0 Å². The van der Waals surface area contributed by atoms with E-state index < -0.39 is 35.5 Å². The molecule has 2 rings (SSSR count). The molecule has 9 heteroatoms. The van der Waals surface area contributed by atoms with Gasteiger partial charge in [-0.05, 0) is 36.8 Å². The SMILES string of the molecule is CCOC(=O)CC(NC(=O)Nc1ccccc1C(F)(F)F)c1cccc(OC)c1. The minimum Gasteiger partial charge on any atom is -0.497 e. The van der Waals surface area contributed by atoms with E-state index in [4.69, 9.17) is 9.47 Å². The summed E-state index contributed by atoms with van der Waals surface area (Å²) in [4.78, 5) is 24.3. The van der Waals surface area contributed by atoms with Crippen molar-refractivity contribution in [2.75, 3.05) is 19.0 Å². The molecular formula is C20H21F3N2O4. The highest BCUT2D eigenvalue weighted by atomic mass is 19.4. The van der Waals surface area contributed by atoms with Crippen molar-refractivity contribution in [1.29, 1.82) is 0 Å². The van der Waals surface area contributed by atoms with Crippen LogP contribution >= 0.6 is 0 Å². The van der Waals surface area contributed by atoms with Crippen molar-refractivity contribution in [1.82, 2.24) is 5.32 Å². The molecule has 2 aromatic carbocycles. The lowest BCUT2D eigenvalue weighted by atomic mass is 10.0. The molecule has 2 aromatic rings. The number of para-hydroxylation sites is 1. The zero-order valence-corrected chi connectivity index (χ0v) is 15.9. The maximum atomic E-state index is 13.1. The predicted octanol–water partition coefficient (Wildman–Crippen LogP) is 4.53. The van der Waals surface area contributed by atoms with Crippen LogP contribution in [0.25, 0.3) is 0 Å². The van der Waals surface area contributed by atoms with Gasteiger partial charge in [0.2, 0.25) is 0 Å². The van der Waals surface area contributed by atoms with Gasteiger partial charge < -0.3 is 20.1 Å². The Balaban J connectivity index is 2.22. The van der Waals surface area contributed by atoms with Crippen molar-refractivity contribution in [3.63, 3.8) is 0 Å². The number of alkyl halides is 3. The molecule has 1 unspecified atom stereocenters. The van der Waals surface area contributed by atoms with Crippen molar-refractivity contribution < 1.29 is 32.2 Å². The molecule has 156 valence electrons. The Hall–Kier alpha value is -3.23. The largest absolute Gasteiger partial charge is 0.497 e. The number of urea groups is 1. The number of hydrogen-bond acceptors (Lipinski definition) is 4. The van der Waals surface area contributed by atoms with Gasteiger partial charge in [0.25, 0.3) is 0 Å². The number of anilines is 1. The summed E-state index contributed by atoms with van der Waals surface area (Å²) in [5.41, 5.74) is -0.826. The van der Waals surface area contributed by atoms with Crippen molar-refractivity contribution in [2.24, 2.45) is 0 Å². The average Bonchev–Trinajstić information content (AvgIpc) is 2.67. The number of carbonyl (C=O) groups is 2. The Kier molecular flexibility index (Phi) is 7.46. The van der Waals surface area contributed by atoms with E-state index in [-0.39, 0.29) is 13.0 Å². The predicted molar refractivity (Wildman–Crippen MR) is 101 cm³/mol. The third-order valence-electron chi connectivity index (χ3n) is 3.96. The van der Waals surface area contributed by atoms with Crippen LogP contribution in [-0.4, -0.2) is 25.7 Å². The number of nitrogens with one attached hydrogen (secondary N) is 2. The van der Waals surface area contributed by atoms with Crippen LogP contribution in [0.2, 0.25) is 0 Å². The van der Waals surface area contributed by atoms with Gasteiger partial charge in [-0.3, -0.25) is 4.79 Å². The van der Waals surface area contributed by atoms with Crippen LogP contribution in [0.5, 0.6) is 5.75 Å². The van der Waals surface area contributed by atoms with E-state index in [1.165, 1.54) is 19.2 Å². The molecule has 0 fully saturated rings. The lowest BCUT2D eigenvalue weighted by Gasteiger charge is -2.20. The van der Waals surface area contributed by atoms with E-state index in [0.717, 1.165) is 12.1 Å². The first-order valence-corrected chi connectivity index (χ1v) is 8.78. The normalized spacial score (nSPS) is 12.0. The number of halogens is 3. The Morgan fingerprint density at radius 3 is 2.48 bits per heavy atom. The van der Waals surface area contributed by atoms with Gasteiger partial charge in [-0.2, -0.15) is 13.2 Å². The fraction of sp³-hybridized carbons (Fsp3) is 0.300. The highest BCUT2D eigenvalue weighted by Gasteiger charge is 2.33. The van der Waals surface area contributed by atoms with E-state index in [9.17, 15) is 22.8 Å². The van der Waals surface area contributed by atoms with E-state index in [1.54, 1.807) is 31.2 Å². The summed E-state index contributed by atoms with van der Waals surface area (Å²) in [6.45, 7) is 1.81. The van der Waals surface area contributed by atoms with Gasteiger partial charge in [0.15, 0.2) is 0 Å². The molecular weight excluding hydrogens is 389 g/mol. The van der Waals surface area contributed by atoms with Crippen molar-refractivity contribution in [2.45, 2.75) is 25.6 Å². The Morgan fingerprint density at radius 2 is 1.83 bits per heavy atom. The smallest absolute Gasteiger partial charge is 0.418 e. The van der Waals surface area contributed by atoms with Crippen LogP contribution in [0.1, 0.15) is 30.5 Å². The standard InChI is InChI=1S/C20H21F3N2O4/c1-3-29-18(26)12-17(13-7-6-8-14(11-13)28-2)25-19(27)24-16-10-5-4-9-15(16)20(21,22)23/h4-11,17H,3,12H2,1-2H3,(H2,24,25,27). The van der Waals surface area contributed by atoms with Gasteiger partial charge in [-0.25, -0.2) is 4.79 Å². The number of hydrogen-bond donors (Lipinski definition) is 2. The summed E-state index contributed by atoms with van der Waals surface area (Å²) in [6, 6.07) is 9.54. The molecule has 0 aliphatic carbocycles. The molecule has 0 spiro atoms. The minimum absolute atomic E-state index is 0.162. The minimum atomic E-state index is -4.62. The van der Waals surface area contributed by atoms with Crippen LogP contribution in [0, 0.1) is 0 Å². The number of carbonyl (C=O) groups excluding carboxylic acids is 2. The van der Waals surface area contributed by atoms with Gasteiger partial charge in [-0.1, -0.05) is 24.3 Å². The first-order chi connectivity index (χ1) is 13.7. The van der Waals surface area contributed by atoms with Crippen LogP contribution in [-0.2, 0) is 15.7 Å². The quantitative estimate of drug-likeness (QED) is 0.658. The van der Waals surface area contributed by atoms with Gasteiger partial charge in [0.05, 0.1) is 37.4 Å². The van der Waals surface area contributed by atoms with Crippen molar-refractivity contribution >= 4 is 17.7 Å². The molecule has 0 saturated carbocycles. The molecule has 0 aliphatic rings. The second-order valence-corrected chi connectivity index (χ2v) is 5.98. The molecule has 0 aliphatic heterocycles. The maximum Gasteiger partial charge on any atom is 0.418 e. The number of benzene rings is 2. The molecule has 1 atom stereocenters. The molecule has 0 bridgehead atoms. The first-order valence-electron chi connectivity index (χ1n) is 8.78. The van der Waals surface area contributed by atoms with Gasteiger partial charge in [0.1, 0.15) is 5.75 Å². The lowest BCUT2D eigenvalue weighted by molar-refractivity contribution is -0.143. The fourth-order valence-corrected chi connectivity index (χ4v) is 2.65. The third kappa shape index (κ3) is 6.41. The third-order valence-corrected chi connectivity index (χ3v) is 3.96. The van der Waals surface area contributed by atoms with E-state index in [2.05, 4.69) is 10.6 Å². The number of rotatable bonds is 7. The summed E-state index contributed by atoms with van der Waals surface area (Å²) in [7, 11) is 1.47. The van der Waals surface area contributed by atoms with Crippen LogP contribution in [0.3, 0.4) is 0 Å². The first kappa shape index (κ1) is 22.1. The highest BCUT2D eigenvalue weighted by Crippen LogP contribution is 2.34. The lowest BCUT2D eigenvalue weighted by Crippen LogP contribution is -2.34. The van der Waals surface area contributed by atoms with Crippen LogP contribution in [0.15, 0.2) is 48.5 Å². The Morgan fingerprint density at radius 1 is 1.10 bits per heavy atom. The zero-order chi connectivity index (χ0) is 21.4. The second kappa shape index (κ2) is 9.81. The van der Waals surface area contributed by atoms with E-state index in [1.807, 2.05) is 0 Å². The molecule has 0 aromatic heterocycles. The summed E-state index contributed by atoms with van der Waals surface area (Å²) >= 11 is 0. The number of methoxy groups -OCH3 is 1. The summed E-state index contributed by atoms with van der Waals surface area (Å²) < 4.78 is 49.4. The number of ether oxygens (including phenoxy) is 2. The number of amides is 2. The summed E-state index contributed by atoms with van der Waals surface area (Å²) in [6.07, 6.45) is -4.82. The zero-order valence-electron chi connectivity index (χ0n) is 15.9. The Bertz CT molecular complexity index is 856. The summed E-state index contributed by atoms with van der Waals surface area (Å²) in [5.74, 6) is -0.0581. The molecule has 0 heterocycles. The monoisotopic (exact) mass is 410 g/mol. The van der Waals surface area contributed by atoms with Crippen molar-refractivity contribution in [3.8, 4) is 5.75 Å². The van der Waals surface area contributed by atoms with Gasteiger partial charge >= 0.3 is 18.2 Å². The van der Waals surface area contributed by atoms with Gasteiger partial charge in [0, 0.05) is 0 Å². The fourth-order valence-electron chi connectivity index (χ4n) is 2.65. The molecule has 2 amide bonds. The molecule has 0 saturated heterocycles. The van der Waals surface area contributed by atoms with Crippen LogP contribution in [0.4, 0.5) is 23.7 Å². The topological polar surface area (TPSA) is 76.7 Å². The Labute approximate surface area is 166 Å². The van der Waals surface area contributed by atoms with Crippen molar-refractivity contribution in [3.05, 3.63) is 59.7 Å². The van der Waals surface area contributed by atoms with Gasteiger partial charge in [-0.15, -0.1) is 0 Å². The summed E-state index contributed by atoms with van der Waals surface area (Å²) in [5, 5.41) is 4.73.